The number of fused-ring (bicyclic) bond motifs is 3. The summed E-state index contributed by atoms with van der Waals surface area (Å²) in [5, 5.41) is 13.8. The van der Waals surface area contributed by atoms with E-state index in [1.54, 1.807) is 21.3 Å². The summed E-state index contributed by atoms with van der Waals surface area (Å²) in [7, 11) is 1.76. The second kappa shape index (κ2) is 6.76. The molecule has 0 unspecified atom stereocenters. The summed E-state index contributed by atoms with van der Waals surface area (Å²) in [6, 6.07) is 6.76. The van der Waals surface area contributed by atoms with Gasteiger partial charge < -0.3 is 20.1 Å². The Kier molecular flexibility index (Phi) is 4.69. The van der Waals surface area contributed by atoms with Crippen LogP contribution in [0, 0.1) is 0 Å². The topological polar surface area (TPSA) is 70.2 Å². The Morgan fingerprint density at radius 3 is 2.74 bits per heavy atom. The maximum Gasteiger partial charge on any atom is 0.330 e. The van der Waals surface area contributed by atoms with Crippen LogP contribution in [0.15, 0.2) is 18.2 Å². The van der Waals surface area contributed by atoms with Crippen LogP contribution in [0.25, 0.3) is 11.3 Å². The molecule has 0 spiro atoms. The van der Waals surface area contributed by atoms with E-state index in [-0.39, 0.29) is 0 Å². The smallest absolute Gasteiger partial charge is 0.330 e. The summed E-state index contributed by atoms with van der Waals surface area (Å²) in [6.07, 6.45) is 4.36. The lowest BCUT2D eigenvalue weighted by Gasteiger charge is -2.37. The van der Waals surface area contributed by atoms with Crippen molar-refractivity contribution in [2.75, 3.05) is 6.54 Å². The SMILES string of the molecule is CC(C)(O)C(C)(C)O[B]c1ccc2c(c1)CCc1[nH]c([C@@H]3CCCN3)nc1-2. The molecule has 2 aromatic rings. The van der Waals surface area contributed by atoms with Gasteiger partial charge in [-0.3, -0.25) is 0 Å². The number of hydrogen-bond acceptors (Lipinski definition) is 4. The first kappa shape index (κ1) is 18.7. The van der Waals surface area contributed by atoms with Crippen LogP contribution in [0.1, 0.15) is 63.7 Å². The number of aryl methyl sites for hydroxylation is 2. The number of H-pyrrole nitrogens is 1. The number of benzene rings is 1. The molecule has 1 aliphatic heterocycles. The fourth-order valence-corrected chi connectivity index (χ4v) is 3.66. The van der Waals surface area contributed by atoms with Gasteiger partial charge in [0, 0.05) is 11.3 Å². The van der Waals surface area contributed by atoms with Gasteiger partial charge in [0.2, 0.25) is 0 Å². The van der Waals surface area contributed by atoms with E-state index in [1.807, 2.05) is 13.8 Å². The molecule has 1 radical (unpaired) electrons. The summed E-state index contributed by atoms with van der Waals surface area (Å²) >= 11 is 0. The van der Waals surface area contributed by atoms with Gasteiger partial charge in [-0.15, -0.1) is 0 Å². The van der Waals surface area contributed by atoms with Gasteiger partial charge in [0.15, 0.2) is 0 Å². The fourth-order valence-electron chi connectivity index (χ4n) is 3.66. The minimum absolute atomic E-state index is 0.365. The predicted molar refractivity (Wildman–Crippen MR) is 108 cm³/mol. The van der Waals surface area contributed by atoms with E-state index in [0.29, 0.717) is 6.04 Å². The van der Waals surface area contributed by atoms with E-state index in [4.69, 9.17) is 9.64 Å². The largest absolute Gasteiger partial charge is 0.427 e. The summed E-state index contributed by atoms with van der Waals surface area (Å²) < 4.78 is 5.91. The van der Waals surface area contributed by atoms with Gasteiger partial charge in [-0.2, -0.15) is 0 Å². The van der Waals surface area contributed by atoms with Gasteiger partial charge in [-0.25, -0.2) is 4.98 Å². The maximum absolute atomic E-state index is 10.3. The van der Waals surface area contributed by atoms with Crippen molar-refractivity contribution in [1.29, 1.82) is 0 Å². The zero-order valence-electron chi connectivity index (χ0n) is 16.7. The van der Waals surface area contributed by atoms with Crippen molar-refractivity contribution in [3.8, 4) is 11.3 Å². The Hall–Kier alpha value is -1.63. The molecule has 0 saturated carbocycles. The van der Waals surface area contributed by atoms with Crippen molar-refractivity contribution < 1.29 is 9.76 Å². The number of aromatic nitrogens is 2. The molecule has 1 aromatic heterocycles. The average Bonchev–Trinajstić information content (AvgIpc) is 3.27. The fraction of sp³-hybridized carbons (Fsp3) is 0.571. The number of imidazole rings is 1. The number of nitrogens with one attached hydrogen (secondary N) is 2. The molecule has 27 heavy (non-hydrogen) atoms. The molecule has 1 atom stereocenters. The highest BCUT2D eigenvalue weighted by Gasteiger charge is 2.35. The molecule has 2 aliphatic rings. The second-order valence-corrected chi connectivity index (χ2v) is 8.82. The number of aliphatic hydroxyl groups is 1. The lowest BCUT2D eigenvalue weighted by atomic mass is 9.80. The van der Waals surface area contributed by atoms with E-state index in [1.165, 1.54) is 23.2 Å². The Bertz CT molecular complexity index is 832. The van der Waals surface area contributed by atoms with Gasteiger partial charge in [-0.05, 0) is 65.5 Å². The summed E-state index contributed by atoms with van der Waals surface area (Å²) in [5.74, 6) is 1.08. The number of rotatable bonds is 5. The van der Waals surface area contributed by atoms with E-state index in [2.05, 4.69) is 28.5 Å². The first-order valence-electron chi connectivity index (χ1n) is 9.93. The molecule has 4 rings (SSSR count). The lowest BCUT2D eigenvalue weighted by molar-refractivity contribution is -0.0893. The molecule has 0 amide bonds. The molecule has 1 fully saturated rings. The van der Waals surface area contributed by atoms with E-state index in [0.717, 1.165) is 42.8 Å². The van der Waals surface area contributed by atoms with Crippen LogP contribution < -0.4 is 10.8 Å². The normalized spacial score (nSPS) is 19.7. The highest BCUT2D eigenvalue weighted by atomic mass is 16.5. The van der Waals surface area contributed by atoms with Crippen LogP contribution in [0.4, 0.5) is 0 Å². The van der Waals surface area contributed by atoms with Crippen LogP contribution in [0.3, 0.4) is 0 Å². The molecular weight excluding hydrogens is 337 g/mol. The number of aromatic amines is 1. The van der Waals surface area contributed by atoms with Crippen molar-refractivity contribution >= 4 is 12.9 Å². The third-order valence-electron chi connectivity index (χ3n) is 6.18. The van der Waals surface area contributed by atoms with Crippen LogP contribution in [0.2, 0.25) is 0 Å². The molecule has 1 aliphatic carbocycles. The molecule has 6 heteroatoms. The minimum atomic E-state index is -0.924. The molecule has 143 valence electrons. The Labute approximate surface area is 162 Å². The van der Waals surface area contributed by atoms with Gasteiger partial charge in [0.25, 0.3) is 0 Å². The quantitative estimate of drug-likeness (QED) is 0.711. The van der Waals surface area contributed by atoms with Gasteiger partial charge >= 0.3 is 7.48 Å². The summed E-state index contributed by atoms with van der Waals surface area (Å²) in [4.78, 5) is 8.49. The maximum atomic E-state index is 10.3. The highest BCUT2D eigenvalue weighted by molar-refractivity contribution is 6.47. The molecular formula is C21H29BN3O2. The van der Waals surface area contributed by atoms with Crippen molar-refractivity contribution in [2.24, 2.45) is 0 Å². The van der Waals surface area contributed by atoms with Gasteiger partial charge in [0.1, 0.15) is 5.82 Å². The van der Waals surface area contributed by atoms with Crippen LogP contribution in [0.5, 0.6) is 0 Å². The summed E-state index contributed by atoms with van der Waals surface area (Å²) in [5.41, 5.74) is 4.30. The molecule has 5 nitrogen and oxygen atoms in total. The molecule has 3 N–H and O–H groups in total. The second-order valence-electron chi connectivity index (χ2n) is 8.82. The third-order valence-corrected chi connectivity index (χ3v) is 6.18. The monoisotopic (exact) mass is 366 g/mol. The predicted octanol–water partition coefficient (Wildman–Crippen LogP) is 2.41. The number of hydrogen-bond donors (Lipinski definition) is 3. The van der Waals surface area contributed by atoms with Crippen LogP contribution in [-0.4, -0.2) is 40.3 Å². The lowest BCUT2D eigenvalue weighted by Crippen LogP contribution is -2.49. The average molecular weight is 366 g/mol. The molecule has 2 heterocycles. The highest BCUT2D eigenvalue weighted by Crippen LogP contribution is 2.33. The first-order valence-corrected chi connectivity index (χ1v) is 9.93. The third kappa shape index (κ3) is 3.58. The minimum Gasteiger partial charge on any atom is -0.427 e. The van der Waals surface area contributed by atoms with Crippen molar-refractivity contribution in [2.45, 2.75) is 70.6 Å². The molecule has 1 saturated heterocycles. The molecule has 0 bridgehead atoms. The van der Waals surface area contributed by atoms with E-state index < -0.39 is 11.2 Å². The Balaban J connectivity index is 1.54. The van der Waals surface area contributed by atoms with Crippen molar-refractivity contribution in [3.63, 3.8) is 0 Å². The van der Waals surface area contributed by atoms with Crippen LogP contribution >= 0.6 is 0 Å². The Morgan fingerprint density at radius 1 is 1.22 bits per heavy atom. The van der Waals surface area contributed by atoms with Crippen molar-refractivity contribution in [1.82, 2.24) is 15.3 Å². The van der Waals surface area contributed by atoms with Crippen molar-refractivity contribution in [3.05, 3.63) is 35.3 Å². The zero-order chi connectivity index (χ0) is 19.2. The number of nitrogens with zero attached hydrogens (tertiary/aromatic N) is 1. The zero-order valence-corrected chi connectivity index (χ0v) is 16.7. The molecule has 1 aromatic carbocycles. The Morgan fingerprint density at radius 2 is 2.04 bits per heavy atom. The van der Waals surface area contributed by atoms with E-state index in [9.17, 15) is 5.11 Å². The van der Waals surface area contributed by atoms with Crippen LogP contribution in [-0.2, 0) is 17.5 Å². The first-order chi connectivity index (χ1) is 12.7. The standard InChI is InChI=1S/C21H29BN3O2/c1-20(2,26)21(3,4)27-22-14-8-9-15-13(12-14)7-10-16-18(15)25-19(24-16)17-6-5-11-23-17/h8-9,12,17,23,26H,5-7,10-11H2,1-4H3,(H,24,25)/t17-/m0/s1. The summed E-state index contributed by atoms with van der Waals surface area (Å²) in [6.45, 7) is 8.41. The van der Waals surface area contributed by atoms with E-state index >= 15 is 0 Å². The van der Waals surface area contributed by atoms with Gasteiger partial charge in [-0.1, -0.05) is 23.7 Å². The van der Waals surface area contributed by atoms with Gasteiger partial charge in [0.05, 0.1) is 22.9 Å².